The average molecular weight is 373 g/mol. The second-order valence-electron chi connectivity index (χ2n) is 6.24. The molecule has 0 aromatic carbocycles. The number of hydrogen-bond donors (Lipinski definition) is 2. The van der Waals surface area contributed by atoms with E-state index in [0.717, 1.165) is 41.8 Å². The summed E-state index contributed by atoms with van der Waals surface area (Å²) in [5, 5.41) is 4.34. The molecule has 26 heavy (non-hydrogen) atoms. The van der Waals surface area contributed by atoms with Gasteiger partial charge in [-0.05, 0) is 31.9 Å². The van der Waals surface area contributed by atoms with Crippen LogP contribution in [0.5, 0.6) is 0 Å². The largest absolute Gasteiger partial charge is 0.355 e. The van der Waals surface area contributed by atoms with E-state index in [0.29, 0.717) is 17.4 Å². The maximum atomic E-state index is 12.3. The molecule has 1 atom stereocenters. The predicted molar refractivity (Wildman–Crippen MR) is 103 cm³/mol. The number of halogens is 1. The Kier molecular flexibility index (Phi) is 4.46. The number of carbonyl (C=O) groups is 1. The quantitative estimate of drug-likeness (QED) is 0.735. The molecule has 2 N–H and O–H groups in total. The molecule has 0 unspecified atom stereocenters. The van der Waals surface area contributed by atoms with Crippen molar-refractivity contribution in [3.63, 3.8) is 0 Å². The van der Waals surface area contributed by atoms with Crippen LogP contribution in [0.1, 0.15) is 21.2 Å². The number of hydrogen-bond acceptors (Lipinski definition) is 5. The smallest absolute Gasteiger partial charge is 0.242 e. The highest BCUT2D eigenvalue weighted by Gasteiger charge is 2.31. The number of pyridine rings is 1. The predicted octanol–water partition coefficient (Wildman–Crippen LogP) is 3.02. The molecule has 1 aliphatic heterocycles. The van der Waals surface area contributed by atoms with Crippen LogP contribution in [0.15, 0.2) is 30.7 Å². The Morgan fingerprint density at radius 1 is 1.50 bits per heavy atom. The fraction of sp³-hybridized carbons (Fsp3) is 0.333. The highest BCUT2D eigenvalue weighted by atomic mass is 35.5. The molecule has 3 aromatic heterocycles. The van der Waals surface area contributed by atoms with E-state index in [1.54, 1.807) is 12.4 Å². The van der Waals surface area contributed by atoms with E-state index in [1.165, 1.54) is 0 Å². The molecule has 1 saturated heterocycles. The maximum Gasteiger partial charge on any atom is 0.242 e. The van der Waals surface area contributed by atoms with Crippen LogP contribution in [0.3, 0.4) is 0 Å². The molecule has 136 valence electrons. The molecule has 4 heterocycles. The lowest BCUT2D eigenvalue weighted by atomic mass is 10.2. The molecule has 4 rings (SSSR count). The number of amides is 1. The van der Waals surface area contributed by atoms with Gasteiger partial charge >= 0.3 is 0 Å². The number of likely N-dealkylation sites (N-methyl/N-ethyl adjacent to an activating group) is 1. The molecule has 0 spiro atoms. The van der Waals surface area contributed by atoms with Gasteiger partial charge in [-0.25, -0.2) is 15.0 Å². The Bertz CT molecular complexity index is 962. The molecular formula is C18H21ClN6O. The van der Waals surface area contributed by atoms with Crippen LogP contribution in [0, 0.1) is 0 Å². The lowest BCUT2D eigenvalue weighted by Crippen LogP contribution is -2.43. The SMILES string of the molecule is CCNC(=O)[C@H]1CCCN1c1ccnc(-c2c[nH]c3ncc(Cl)cc23)n1.[HH]. The van der Waals surface area contributed by atoms with Crippen LogP contribution in [0.4, 0.5) is 5.82 Å². The number of aromatic amines is 1. The summed E-state index contributed by atoms with van der Waals surface area (Å²) in [7, 11) is 0. The van der Waals surface area contributed by atoms with E-state index in [9.17, 15) is 4.79 Å². The molecule has 0 radical (unpaired) electrons. The van der Waals surface area contributed by atoms with E-state index in [-0.39, 0.29) is 13.4 Å². The van der Waals surface area contributed by atoms with Crippen LogP contribution in [0.2, 0.25) is 5.02 Å². The molecule has 1 aliphatic rings. The summed E-state index contributed by atoms with van der Waals surface area (Å²) in [4.78, 5) is 30.9. The van der Waals surface area contributed by atoms with Crippen molar-refractivity contribution in [2.75, 3.05) is 18.0 Å². The minimum absolute atomic E-state index is 0. The summed E-state index contributed by atoms with van der Waals surface area (Å²) in [6, 6.07) is 3.51. The zero-order valence-corrected chi connectivity index (χ0v) is 15.1. The van der Waals surface area contributed by atoms with Crippen LogP contribution in [-0.4, -0.2) is 45.0 Å². The van der Waals surface area contributed by atoms with Crippen LogP contribution in [-0.2, 0) is 4.79 Å². The highest BCUT2D eigenvalue weighted by Crippen LogP contribution is 2.29. The summed E-state index contributed by atoms with van der Waals surface area (Å²) in [6.07, 6.45) is 6.95. The first-order valence-corrected chi connectivity index (χ1v) is 9.05. The second kappa shape index (κ2) is 6.92. The highest BCUT2D eigenvalue weighted by molar-refractivity contribution is 6.31. The molecule has 8 heteroatoms. The van der Waals surface area contributed by atoms with Crippen molar-refractivity contribution < 1.29 is 6.22 Å². The van der Waals surface area contributed by atoms with Gasteiger partial charge in [0, 0.05) is 44.1 Å². The molecule has 0 saturated carbocycles. The normalized spacial score (nSPS) is 17.0. The van der Waals surface area contributed by atoms with Gasteiger partial charge in [0.2, 0.25) is 5.91 Å². The van der Waals surface area contributed by atoms with Gasteiger partial charge in [-0.2, -0.15) is 0 Å². The molecular weight excluding hydrogens is 352 g/mol. The van der Waals surface area contributed by atoms with Crippen molar-refractivity contribution in [2.45, 2.75) is 25.8 Å². The van der Waals surface area contributed by atoms with Gasteiger partial charge in [-0.1, -0.05) is 11.6 Å². The van der Waals surface area contributed by atoms with Gasteiger partial charge in [-0.3, -0.25) is 4.79 Å². The van der Waals surface area contributed by atoms with Gasteiger partial charge in [0.25, 0.3) is 0 Å². The lowest BCUT2D eigenvalue weighted by Gasteiger charge is -2.24. The molecule has 1 fully saturated rings. The van der Waals surface area contributed by atoms with Crippen LogP contribution in [0.25, 0.3) is 22.4 Å². The van der Waals surface area contributed by atoms with Gasteiger partial charge in [0.1, 0.15) is 17.5 Å². The van der Waals surface area contributed by atoms with E-state index in [2.05, 4.69) is 25.2 Å². The summed E-state index contributed by atoms with van der Waals surface area (Å²) in [5.74, 6) is 1.39. The third-order valence-corrected chi connectivity index (χ3v) is 4.79. The van der Waals surface area contributed by atoms with Crippen molar-refractivity contribution in [3.05, 3.63) is 35.7 Å². The number of H-pyrrole nitrogens is 1. The van der Waals surface area contributed by atoms with Crippen LogP contribution >= 0.6 is 11.6 Å². The Hall–Kier alpha value is -2.67. The Balaban J connectivity index is 0.00000210. The van der Waals surface area contributed by atoms with Crippen molar-refractivity contribution in [1.29, 1.82) is 0 Å². The van der Waals surface area contributed by atoms with Crippen molar-refractivity contribution in [2.24, 2.45) is 0 Å². The fourth-order valence-corrected chi connectivity index (χ4v) is 3.57. The molecule has 3 aromatic rings. The number of anilines is 1. The minimum Gasteiger partial charge on any atom is -0.355 e. The zero-order chi connectivity index (χ0) is 18.1. The summed E-state index contributed by atoms with van der Waals surface area (Å²) >= 11 is 6.08. The van der Waals surface area contributed by atoms with E-state index < -0.39 is 0 Å². The topological polar surface area (TPSA) is 86.8 Å². The zero-order valence-electron chi connectivity index (χ0n) is 14.4. The Labute approximate surface area is 157 Å². The molecule has 0 bridgehead atoms. The number of rotatable bonds is 4. The number of fused-ring (bicyclic) bond motifs is 1. The van der Waals surface area contributed by atoms with Gasteiger partial charge in [0.15, 0.2) is 5.82 Å². The maximum absolute atomic E-state index is 12.3. The number of nitrogens with one attached hydrogen (secondary N) is 2. The first kappa shape index (κ1) is 16.8. The van der Waals surface area contributed by atoms with Gasteiger partial charge in [-0.15, -0.1) is 0 Å². The first-order chi connectivity index (χ1) is 12.7. The third kappa shape index (κ3) is 2.99. The average Bonchev–Trinajstić information content (AvgIpc) is 3.29. The third-order valence-electron chi connectivity index (χ3n) is 4.58. The van der Waals surface area contributed by atoms with E-state index in [4.69, 9.17) is 16.6 Å². The van der Waals surface area contributed by atoms with Crippen molar-refractivity contribution in [3.8, 4) is 11.4 Å². The Morgan fingerprint density at radius 3 is 3.23 bits per heavy atom. The standard InChI is InChI=1S/C18H19ClN6O.H2/c1-2-20-18(26)14-4-3-7-25(14)15-5-6-21-17(24-15)13-10-23-16-12(13)8-11(19)9-22-16;/h5-6,8-10,14H,2-4,7H2,1H3,(H,20,26)(H,22,23);1H/t14-;/m1./s1. The Morgan fingerprint density at radius 2 is 2.38 bits per heavy atom. The number of carbonyl (C=O) groups excluding carboxylic acids is 1. The summed E-state index contributed by atoms with van der Waals surface area (Å²) in [6.45, 7) is 3.36. The van der Waals surface area contributed by atoms with E-state index >= 15 is 0 Å². The molecule has 0 aliphatic carbocycles. The fourth-order valence-electron chi connectivity index (χ4n) is 3.41. The van der Waals surface area contributed by atoms with Gasteiger partial charge < -0.3 is 15.2 Å². The number of nitrogens with zero attached hydrogens (tertiary/aromatic N) is 4. The molecule has 7 nitrogen and oxygen atoms in total. The minimum atomic E-state index is -0.184. The first-order valence-electron chi connectivity index (χ1n) is 8.67. The summed E-state index contributed by atoms with van der Waals surface area (Å²) < 4.78 is 0. The monoisotopic (exact) mass is 372 g/mol. The summed E-state index contributed by atoms with van der Waals surface area (Å²) in [5.41, 5.74) is 1.57. The molecule has 1 amide bonds. The van der Waals surface area contributed by atoms with Crippen LogP contribution < -0.4 is 10.2 Å². The van der Waals surface area contributed by atoms with Gasteiger partial charge in [0.05, 0.1) is 5.02 Å². The lowest BCUT2D eigenvalue weighted by molar-refractivity contribution is -0.122. The van der Waals surface area contributed by atoms with Crippen molar-refractivity contribution >= 4 is 34.4 Å². The van der Waals surface area contributed by atoms with E-state index in [1.807, 2.05) is 25.3 Å². The van der Waals surface area contributed by atoms with Crippen molar-refractivity contribution in [1.82, 2.24) is 25.3 Å². The number of aromatic nitrogens is 4. The second-order valence-corrected chi connectivity index (χ2v) is 6.67.